The number of imide groups is 1. The van der Waals surface area contributed by atoms with Crippen LogP contribution in [0.2, 0.25) is 0 Å². The van der Waals surface area contributed by atoms with Gasteiger partial charge < -0.3 is 4.74 Å². The van der Waals surface area contributed by atoms with Crippen molar-refractivity contribution in [2.24, 2.45) is 0 Å². The number of ether oxygens (including phenoxy) is 1. The number of non-ortho nitro benzene ring substituents is 1. The lowest BCUT2D eigenvalue weighted by Gasteiger charge is -2.11. The Balaban J connectivity index is 1.84. The van der Waals surface area contributed by atoms with Gasteiger partial charge in [0.05, 0.1) is 16.1 Å². The monoisotopic (exact) mass is 326 g/mol. The van der Waals surface area contributed by atoms with Gasteiger partial charge in [0.2, 0.25) is 0 Å². The van der Waals surface area contributed by atoms with E-state index in [1.807, 2.05) is 6.92 Å². The molecule has 3 rings (SSSR count). The molecule has 24 heavy (non-hydrogen) atoms. The van der Waals surface area contributed by atoms with Crippen molar-refractivity contribution in [1.82, 2.24) is 4.90 Å². The van der Waals surface area contributed by atoms with Crippen LogP contribution in [-0.4, -0.2) is 28.2 Å². The average molecular weight is 326 g/mol. The highest BCUT2D eigenvalue weighted by Crippen LogP contribution is 2.30. The second-order valence-electron chi connectivity index (χ2n) is 5.32. The lowest BCUT2D eigenvalue weighted by atomic mass is 10.1. The molecule has 2 aromatic rings. The maximum atomic E-state index is 12.3. The van der Waals surface area contributed by atoms with Gasteiger partial charge in [0.1, 0.15) is 11.5 Å². The zero-order valence-electron chi connectivity index (χ0n) is 12.9. The first-order valence-corrected chi connectivity index (χ1v) is 7.44. The highest BCUT2D eigenvalue weighted by Gasteiger charge is 2.35. The first-order chi connectivity index (χ1) is 11.5. The Kier molecular flexibility index (Phi) is 3.99. The van der Waals surface area contributed by atoms with Gasteiger partial charge in [-0.05, 0) is 36.8 Å². The normalized spacial score (nSPS) is 13.1. The fourth-order valence-corrected chi connectivity index (χ4v) is 2.53. The van der Waals surface area contributed by atoms with Crippen LogP contribution in [0.15, 0.2) is 42.5 Å². The van der Waals surface area contributed by atoms with E-state index in [1.165, 1.54) is 35.2 Å². The lowest BCUT2D eigenvalue weighted by molar-refractivity contribution is -0.384. The largest absolute Gasteiger partial charge is 0.457 e. The Morgan fingerprint density at radius 3 is 2.25 bits per heavy atom. The van der Waals surface area contributed by atoms with Crippen molar-refractivity contribution in [3.05, 3.63) is 63.7 Å². The van der Waals surface area contributed by atoms with Crippen LogP contribution in [0.3, 0.4) is 0 Å². The number of carbonyl (C=O) groups is 2. The van der Waals surface area contributed by atoms with Gasteiger partial charge in [-0.3, -0.25) is 24.6 Å². The van der Waals surface area contributed by atoms with E-state index < -0.39 is 4.92 Å². The van der Waals surface area contributed by atoms with Gasteiger partial charge in [0.15, 0.2) is 0 Å². The number of nitro benzene ring substituents is 1. The van der Waals surface area contributed by atoms with Crippen LogP contribution in [0.4, 0.5) is 5.69 Å². The van der Waals surface area contributed by atoms with Crippen LogP contribution < -0.4 is 4.74 Å². The molecule has 0 spiro atoms. The standard InChI is InChI=1S/C17H14N2O5/c1-2-9-18-16(20)14-8-7-13(10-15(14)17(18)21)24-12-5-3-11(4-6-12)19(22)23/h3-8,10H,2,9H2,1H3. The van der Waals surface area contributed by atoms with Crippen LogP contribution in [0, 0.1) is 10.1 Å². The molecule has 0 aliphatic carbocycles. The molecule has 0 aromatic heterocycles. The van der Waals surface area contributed by atoms with E-state index in [0.29, 0.717) is 35.6 Å². The van der Waals surface area contributed by atoms with Crippen LogP contribution >= 0.6 is 0 Å². The smallest absolute Gasteiger partial charge is 0.269 e. The van der Waals surface area contributed by atoms with Gasteiger partial charge in [-0.15, -0.1) is 0 Å². The summed E-state index contributed by atoms with van der Waals surface area (Å²) in [6, 6.07) is 10.3. The zero-order chi connectivity index (χ0) is 17.3. The van der Waals surface area contributed by atoms with Gasteiger partial charge in [-0.25, -0.2) is 0 Å². The summed E-state index contributed by atoms with van der Waals surface area (Å²) in [5.41, 5.74) is 0.643. The molecular weight excluding hydrogens is 312 g/mol. The number of nitrogens with zero attached hydrogens (tertiary/aromatic N) is 2. The molecule has 0 bridgehead atoms. The number of amides is 2. The molecule has 1 aliphatic rings. The van der Waals surface area contributed by atoms with Crippen LogP contribution in [0.25, 0.3) is 0 Å². The first kappa shape index (κ1) is 15.7. The Hall–Kier alpha value is -3.22. The fraction of sp³-hybridized carbons (Fsp3) is 0.176. The molecule has 7 heteroatoms. The third-order valence-corrected chi connectivity index (χ3v) is 3.67. The van der Waals surface area contributed by atoms with Crippen LogP contribution in [0.5, 0.6) is 11.5 Å². The van der Waals surface area contributed by atoms with Crippen molar-refractivity contribution in [2.45, 2.75) is 13.3 Å². The van der Waals surface area contributed by atoms with Crippen molar-refractivity contribution in [3.8, 4) is 11.5 Å². The number of fused-ring (bicyclic) bond motifs is 1. The summed E-state index contributed by atoms with van der Waals surface area (Å²) >= 11 is 0. The number of rotatable bonds is 5. The van der Waals surface area contributed by atoms with E-state index in [0.717, 1.165) is 0 Å². The number of hydrogen-bond donors (Lipinski definition) is 0. The van der Waals surface area contributed by atoms with Gasteiger partial charge in [-0.1, -0.05) is 6.92 Å². The fourth-order valence-electron chi connectivity index (χ4n) is 2.53. The van der Waals surface area contributed by atoms with Crippen molar-refractivity contribution in [3.63, 3.8) is 0 Å². The highest BCUT2D eigenvalue weighted by atomic mass is 16.6. The topological polar surface area (TPSA) is 89.8 Å². The summed E-state index contributed by atoms with van der Waals surface area (Å²) in [5.74, 6) is 0.176. The Morgan fingerprint density at radius 2 is 1.62 bits per heavy atom. The SMILES string of the molecule is CCCN1C(=O)c2ccc(Oc3ccc([N+](=O)[O-])cc3)cc2C1=O. The number of hydrogen-bond acceptors (Lipinski definition) is 5. The average Bonchev–Trinajstić information content (AvgIpc) is 2.80. The van der Waals surface area contributed by atoms with E-state index in [-0.39, 0.29) is 17.5 Å². The van der Waals surface area contributed by atoms with Crippen molar-refractivity contribution >= 4 is 17.5 Å². The number of nitro groups is 1. The minimum Gasteiger partial charge on any atom is -0.457 e. The van der Waals surface area contributed by atoms with E-state index in [9.17, 15) is 19.7 Å². The maximum Gasteiger partial charge on any atom is 0.269 e. The number of carbonyl (C=O) groups excluding carboxylic acids is 2. The second kappa shape index (κ2) is 6.11. The van der Waals surface area contributed by atoms with E-state index >= 15 is 0 Å². The molecule has 0 radical (unpaired) electrons. The molecule has 2 aromatic carbocycles. The van der Waals surface area contributed by atoms with Crippen molar-refractivity contribution < 1.29 is 19.2 Å². The van der Waals surface area contributed by atoms with Gasteiger partial charge in [0, 0.05) is 18.7 Å². The molecule has 1 aliphatic heterocycles. The summed E-state index contributed by atoms with van der Waals surface area (Å²) in [5, 5.41) is 10.6. The van der Waals surface area contributed by atoms with Gasteiger partial charge in [-0.2, -0.15) is 0 Å². The van der Waals surface area contributed by atoms with E-state index in [4.69, 9.17) is 4.74 Å². The quantitative estimate of drug-likeness (QED) is 0.477. The molecule has 0 unspecified atom stereocenters. The summed E-state index contributed by atoms with van der Waals surface area (Å²) in [4.78, 5) is 35.8. The molecular formula is C17H14N2O5. The highest BCUT2D eigenvalue weighted by molar-refractivity contribution is 6.21. The van der Waals surface area contributed by atoms with Crippen molar-refractivity contribution in [2.75, 3.05) is 6.54 Å². The maximum absolute atomic E-state index is 12.3. The molecule has 1 heterocycles. The molecule has 7 nitrogen and oxygen atoms in total. The lowest BCUT2D eigenvalue weighted by Crippen LogP contribution is -2.30. The minimum absolute atomic E-state index is 0.0349. The second-order valence-corrected chi connectivity index (χ2v) is 5.32. The summed E-state index contributed by atoms with van der Waals surface area (Å²) in [6.07, 6.45) is 0.692. The van der Waals surface area contributed by atoms with Crippen LogP contribution in [0.1, 0.15) is 34.1 Å². The molecule has 0 saturated heterocycles. The molecule has 0 fully saturated rings. The zero-order valence-corrected chi connectivity index (χ0v) is 12.9. The molecule has 0 atom stereocenters. The molecule has 2 amide bonds. The van der Waals surface area contributed by atoms with Gasteiger partial charge in [0.25, 0.3) is 17.5 Å². The van der Waals surface area contributed by atoms with Gasteiger partial charge >= 0.3 is 0 Å². The first-order valence-electron chi connectivity index (χ1n) is 7.44. The predicted octanol–water partition coefficient (Wildman–Crippen LogP) is 3.39. The molecule has 0 saturated carbocycles. The summed E-state index contributed by atoms with van der Waals surface area (Å²) in [7, 11) is 0. The summed E-state index contributed by atoms with van der Waals surface area (Å²) in [6.45, 7) is 2.28. The Labute approximate surface area is 137 Å². The third kappa shape index (κ3) is 2.71. The summed E-state index contributed by atoms with van der Waals surface area (Å²) < 4.78 is 5.61. The predicted molar refractivity (Wildman–Crippen MR) is 85.3 cm³/mol. The van der Waals surface area contributed by atoms with E-state index in [1.54, 1.807) is 12.1 Å². The van der Waals surface area contributed by atoms with E-state index in [2.05, 4.69) is 0 Å². The molecule has 0 N–H and O–H groups in total. The molecule has 122 valence electrons. The minimum atomic E-state index is -0.494. The third-order valence-electron chi connectivity index (χ3n) is 3.67. The number of benzene rings is 2. The Bertz CT molecular complexity index is 829. The van der Waals surface area contributed by atoms with Crippen molar-refractivity contribution in [1.29, 1.82) is 0 Å². The Morgan fingerprint density at radius 1 is 1.00 bits per heavy atom. The van der Waals surface area contributed by atoms with Crippen LogP contribution in [-0.2, 0) is 0 Å².